The molecule has 4 rings (SSSR count). The molecule has 4 aromatic rings. The molecule has 2 heterocycles. The van der Waals surface area contributed by atoms with Gasteiger partial charge >= 0.3 is 0 Å². The number of rotatable bonds is 4. The minimum atomic E-state index is -0.570. The summed E-state index contributed by atoms with van der Waals surface area (Å²) in [7, 11) is 0. The molecule has 0 aliphatic heterocycles. The third-order valence-corrected chi connectivity index (χ3v) is 5.52. The van der Waals surface area contributed by atoms with Gasteiger partial charge in [-0.25, -0.2) is 4.98 Å². The first kappa shape index (κ1) is 18.1. The molecule has 0 aliphatic rings. The van der Waals surface area contributed by atoms with Crippen molar-refractivity contribution >= 4 is 45.2 Å². The average molecular weight is 413 g/mol. The Balaban J connectivity index is 1.55. The lowest BCUT2D eigenvalue weighted by Gasteiger charge is -2.07. The number of halogens is 1. The molecule has 0 saturated heterocycles. The lowest BCUT2D eigenvalue weighted by Crippen LogP contribution is -2.12. The topological polar surface area (TPSA) is 89.5 Å². The van der Waals surface area contributed by atoms with Gasteiger partial charge in [0.25, 0.3) is 11.6 Å². The Labute approximate surface area is 168 Å². The number of hydrogen-bond donors (Lipinski definition) is 1. The fraction of sp³-hybridized carbons (Fsp3) is 0.0526. The molecular formula is C19H13ClN4O3S. The number of fused-ring (bicyclic) bond motifs is 1. The van der Waals surface area contributed by atoms with Crippen LogP contribution >= 0.6 is 22.9 Å². The fourth-order valence-corrected chi connectivity index (χ4v) is 3.81. The number of benzene rings is 2. The number of aryl methyl sites for hydroxylation is 1. The van der Waals surface area contributed by atoms with Gasteiger partial charge in [0.05, 0.1) is 21.2 Å². The normalized spacial score (nSPS) is 10.9. The number of anilines is 1. The van der Waals surface area contributed by atoms with Crippen LogP contribution in [0.5, 0.6) is 0 Å². The van der Waals surface area contributed by atoms with Crippen LogP contribution in [-0.4, -0.2) is 20.2 Å². The maximum Gasteiger partial charge on any atom is 0.270 e. The largest absolute Gasteiger partial charge is 0.322 e. The van der Waals surface area contributed by atoms with E-state index >= 15 is 0 Å². The van der Waals surface area contributed by atoms with Crippen LogP contribution in [0, 0.1) is 17.0 Å². The minimum Gasteiger partial charge on any atom is -0.322 e. The summed E-state index contributed by atoms with van der Waals surface area (Å²) in [5, 5.41) is 15.8. The third kappa shape index (κ3) is 3.35. The molecule has 0 atom stereocenters. The van der Waals surface area contributed by atoms with E-state index in [-0.39, 0.29) is 16.3 Å². The van der Waals surface area contributed by atoms with E-state index in [1.54, 1.807) is 23.5 Å². The van der Waals surface area contributed by atoms with Gasteiger partial charge in [-0.1, -0.05) is 23.7 Å². The zero-order chi connectivity index (χ0) is 19.8. The quantitative estimate of drug-likeness (QED) is 0.369. The number of nitro benzene ring substituents is 1. The average Bonchev–Trinajstić information content (AvgIpc) is 3.24. The number of nitrogens with zero attached hydrogens (tertiary/aromatic N) is 3. The van der Waals surface area contributed by atoms with Gasteiger partial charge in [0.15, 0.2) is 4.96 Å². The molecule has 1 N–H and O–H groups in total. The van der Waals surface area contributed by atoms with Crippen molar-refractivity contribution in [3.63, 3.8) is 0 Å². The summed E-state index contributed by atoms with van der Waals surface area (Å²) in [6.07, 6.45) is 1.97. The summed E-state index contributed by atoms with van der Waals surface area (Å²) in [5.41, 5.74) is 3.28. The van der Waals surface area contributed by atoms with Crippen molar-refractivity contribution in [2.75, 3.05) is 5.32 Å². The van der Waals surface area contributed by atoms with Crippen molar-refractivity contribution in [1.82, 2.24) is 9.38 Å². The van der Waals surface area contributed by atoms with E-state index in [1.165, 1.54) is 12.1 Å². The summed E-state index contributed by atoms with van der Waals surface area (Å²) in [6, 6.07) is 11.0. The van der Waals surface area contributed by atoms with Crippen LogP contribution in [-0.2, 0) is 0 Å². The van der Waals surface area contributed by atoms with Crippen LogP contribution in [0.4, 0.5) is 11.4 Å². The van der Waals surface area contributed by atoms with Crippen LogP contribution in [0.1, 0.15) is 16.1 Å². The number of amides is 1. The maximum absolute atomic E-state index is 12.5. The summed E-state index contributed by atoms with van der Waals surface area (Å²) in [6.45, 7) is 2.02. The number of nitrogens with one attached hydrogen (secondary N) is 1. The first-order valence-corrected chi connectivity index (χ1v) is 9.47. The van der Waals surface area contributed by atoms with Crippen molar-refractivity contribution < 1.29 is 9.72 Å². The van der Waals surface area contributed by atoms with E-state index in [9.17, 15) is 14.9 Å². The van der Waals surface area contributed by atoms with Crippen molar-refractivity contribution in [2.24, 2.45) is 0 Å². The number of carbonyl (C=O) groups is 1. The van der Waals surface area contributed by atoms with Gasteiger partial charge in [-0.3, -0.25) is 19.3 Å². The smallest absolute Gasteiger partial charge is 0.270 e. The molecule has 0 radical (unpaired) electrons. The predicted molar refractivity (Wildman–Crippen MR) is 109 cm³/mol. The Morgan fingerprint density at radius 1 is 1.25 bits per heavy atom. The van der Waals surface area contributed by atoms with Crippen molar-refractivity contribution in [2.45, 2.75) is 6.92 Å². The van der Waals surface area contributed by atoms with Crippen LogP contribution in [0.25, 0.3) is 16.2 Å². The number of aromatic nitrogens is 2. The summed E-state index contributed by atoms with van der Waals surface area (Å²) in [4.78, 5) is 28.3. The minimum absolute atomic E-state index is 0.0461. The van der Waals surface area contributed by atoms with Crippen LogP contribution in [0.15, 0.2) is 54.0 Å². The molecular weight excluding hydrogens is 400 g/mol. The maximum atomic E-state index is 12.5. The Morgan fingerprint density at radius 3 is 2.68 bits per heavy atom. The first-order valence-electron chi connectivity index (χ1n) is 8.21. The SMILES string of the molecule is Cc1csc2nc(-c3ccc(NC(=O)c4cc([N+](=O)[O-])ccc4Cl)cc3)cn12. The zero-order valence-electron chi connectivity index (χ0n) is 14.5. The van der Waals surface area contributed by atoms with E-state index in [4.69, 9.17) is 11.6 Å². The van der Waals surface area contributed by atoms with Gasteiger partial charge < -0.3 is 5.32 Å². The van der Waals surface area contributed by atoms with E-state index in [1.807, 2.05) is 35.0 Å². The van der Waals surface area contributed by atoms with Crippen LogP contribution in [0.3, 0.4) is 0 Å². The molecule has 2 aromatic heterocycles. The van der Waals surface area contributed by atoms with Crippen LogP contribution < -0.4 is 5.32 Å². The van der Waals surface area contributed by atoms with E-state index in [0.29, 0.717) is 5.69 Å². The van der Waals surface area contributed by atoms with Gasteiger partial charge in [0, 0.05) is 40.7 Å². The summed E-state index contributed by atoms with van der Waals surface area (Å²) < 4.78 is 2.03. The highest BCUT2D eigenvalue weighted by Gasteiger charge is 2.16. The fourth-order valence-electron chi connectivity index (χ4n) is 2.76. The lowest BCUT2D eigenvalue weighted by molar-refractivity contribution is -0.384. The molecule has 0 unspecified atom stereocenters. The Hall–Kier alpha value is -3.23. The van der Waals surface area contributed by atoms with Crippen LogP contribution in [0.2, 0.25) is 5.02 Å². The molecule has 0 spiro atoms. The number of carbonyl (C=O) groups excluding carboxylic acids is 1. The van der Waals surface area contributed by atoms with Crippen molar-refractivity contribution in [1.29, 1.82) is 0 Å². The first-order chi connectivity index (χ1) is 13.4. The zero-order valence-corrected chi connectivity index (χ0v) is 16.1. The van der Waals surface area contributed by atoms with Gasteiger partial charge in [-0.05, 0) is 25.1 Å². The predicted octanol–water partition coefficient (Wildman–Crippen LogP) is 5.19. The summed E-state index contributed by atoms with van der Waals surface area (Å²) >= 11 is 7.59. The number of hydrogen-bond acceptors (Lipinski definition) is 5. The molecule has 0 fully saturated rings. The second-order valence-corrected chi connectivity index (χ2v) is 7.35. The Kier molecular flexibility index (Phi) is 4.58. The second-order valence-electron chi connectivity index (χ2n) is 6.11. The Morgan fingerprint density at radius 2 is 2.00 bits per heavy atom. The molecule has 0 bridgehead atoms. The molecule has 28 heavy (non-hydrogen) atoms. The van der Waals surface area contributed by atoms with E-state index < -0.39 is 10.8 Å². The molecule has 0 saturated carbocycles. The van der Waals surface area contributed by atoms with Crippen molar-refractivity contribution in [3.05, 3.63) is 80.4 Å². The number of thiazole rings is 1. The van der Waals surface area contributed by atoms with Gasteiger partial charge in [0.1, 0.15) is 0 Å². The van der Waals surface area contributed by atoms with Gasteiger partial charge in [0.2, 0.25) is 0 Å². The monoisotopic (exact) mass is 412 g/mol. The van der Waals surface area contributed by atoms with E-state index in [0.717, 1.165) is 28.0 Å². The van der Waals surface area contributed by atoms with E-state index in [2.05, 4.69) is 10.3 Å². The molecule has 0 aliphatic carbocycles. The Bertz CT molecular complexity index is 1210. The summed E-state index contributed by atoms with van der Waals surface area (Å²) in [5.74, 6) is -0.514. The number of non-ortho nitro benzene ring substituents is 1. The third-order valence-electron chi connectivity index (χ3n) is 4.23. The molecule has 2 aromatic carbocycles. The molecule has 1 amide bonds. The highest BCUT2D eigenvalue weighted by Crippen LogP contribution is 2.26. The number of imidazole rings is 1. The molecule has 7 nitrogen and oxygen atoms in total. The van der Waals surface area contributed by atoms with Crippen molar-refractivity contribution in [3.8, 4) is 11.3 Å². The molecule has 140 valence electrons. The highest BCUT2D eigenvalue weighted by atomic mass is 35.5. The highest BCUT2D eigenvalue weighted by molar-refractivity contribution is 7.15. The van der Waals surface area contributed by atoms with Gasteiger partial charge in [-0.15, -0.1) is 11.3 Å². The second kappa shape index (κ2) is 7.06. The molecule has 9 heteroatoms. The standard InChI is InChI=1S/C19H13ClN4O3S/c1-11-10-28-19-22-17(9-23(11)19)12-2-4-13(5-3-12)21-18(25)15-8-14(24(26)27)6-7-16(15)20/h2-10H,1H3,(H,21,25). The number of nitro groups is 1. The van der Waals surface area contributed by atoms with Gasteiger partial charge in [-0.2, -0.15) is 0 Å². The lowest BCUT2D eigenvalue weighted by atomic mass is 10.1.